The molecular weight excluding hydrogens is 295 g/mol. The highest BCUT2D eigenvalue weighted by atomic mass is 19.1. The summed E-state index contributed by atoms with van der Waals surface area (Å²) in [7, 11) is 0. The van der Waals surface area contributed by atoms with Gasteiger partial charge in [0, 0.05) is 11.6 Å². The van der Waals surface area contributed by atoms with Crippen molar-refractivity contribution in [3.8, 4) is 0 Å². The van der Waals surface area contributed by atoms with Crippen LogP contribution in [0.3, 0.4) is 0 Å². The zero-order valence-corrected chi connectivity index (χ0v) is 13.2. The SMILES string of the molecule is Cc1cc(C)n(CC(=O)N/N=C(/c2ccc(F)cc2)C2CC2)n1. The van der Waals surface area contributed by atoms with Gasteiger partial charge in [-0.25, -0.2) is 9.82 Å². The summed E-state index contributed by atoms with van der Waals surface area (Å²) < 4.78 is 14.7. The van der Waals surface area contributed by atoms with Crippen LogP contribution in [0.5, 0.6) is 0 Å². The van der Waals surface area contributed by atoms with Crippen LogP contribution in [0.15, 0.2) is 35.4 Å². The molecular formula is C17H19FN4O. The van der Waals surface area contributed by atoms with Crippen molar-refractivity contribution < 1.29 is 9.18 Å². The monoisotopic (exact) mass is 314 g/mol. The number of nitrogens with zero attached hydrogens (tertiary/aromatic N) is 3. The number of hydrogen-bond donors (Lipinski definition) is 1. The van der Waals surface area contributed by atoms with E-state index in [0.29, 0.717) is 5.92 Å². The third kappa shape index (κ3) is 3.83. The number of aryl methyl sites for hydroxylation is 2. The predicted molar refractivity (Wildman–Crippen MR) is 85.5 cm³/mol. The van der Waals surface area contributed by atoms with E-state index in [1.54, 1.807) is 16.8 Å². The van der Waals surface area contributed by atoms with Crippen LogP contribution in [-0.2, 0) is 11.3 Å². The fourth-order valence-corrected chi connectivity index (χ4v) is 2.50. The second kappa shape index (κ2) is 6.32. The fourth-order valence-electron chi connectivity index (χ4n) is 2.50. The summed E-state index contributed by atoms with van der Waals surface area (Å²) in [6, 6.07) is 8.12. The van der Waals surface area contributed by atoms with Crippen molar-refractivity contribution in [2.75, 3.05) is 0 Å². The van der Waals surface area contributed by atoms with Crippen molar-refractivity contribution >= 4 is 11.6 Å². The number of halogens is 1. The van der Waals surface area contributed by atoms with E-state index in [1.807, 2.05) is 19.9 Å². The Bertz CT molecular complexity index is 744. The van der Waals surface area contributed by atoms with E-state index in [0.717, 1.165) is 35.5 Å². The highest BCUT2D eigenvalue weighted by Crippen LogP contribution is 2.33. The minimum absolute atomic E-state index is 0.130. The smallest absolute Gasteiger partial charge is 0.261 e. The minimum Gasteiger partial charge on any atom is -0.271 e. The molecule has 1 heterocycles. The molecule has 3 rings (SSSR count). The van der Waals surface area contributed by atoms with Gasteiger partial charge in [-0.3, -0.25) is 9.48 Å². The molecule has 0 unspecified atom stereocenters. The van der Waals surface area contributed by atoms with Crippen LogP contribution in [0.2, 0.25) is 0 Å². The van der Waals surface area contributed by atoms with Crippen LogP contribution in [-0.4, -0.2) is 21.4 Å². The van der Waals surface area contributed by atoms with Gasteiger partial charge < -0.3 is 0 Å². The lowest BCUT2D eigenvalue weighted by Crippen LogP contribution is -2.26. The molecule has 0 spiro atoms. The van der Waals surface area contributed by atoms with Crippen LogP contribution in [0, 0.1) is 25.6 Å². The Morgan fingerprint density at radius 2 is 2.04 bits per heavy atom. The summed E-state index contributed by atoms with van der Waals surface area (Å²) >= 11 is 0. The maximum absolute atomic E-state index is 13.0. The van der Waals surface area contributed by atoms with Gasteiger partial charge in [0.05, 0.1) is 11.4 Å². The molecule has 1 fully saturated rings. The van der Waals surface area contributed by atoms with Gasteiger partial charge in [-0.1, -0.05) is 12.1 Å². The number of hydrogen-bond acceptors (Lipinski definition) is 3. The molecule has 5 nitrogen and oxygen atoms in total. The number of nitrogens with one attached hydrogen (secondary N) is 1. The first-order valence-electron chi connectivity index (χ1n) is 7.66. The Kier molecular flexibility index (Phi) is 4.23. The van der Waals surface area contributed by atoms with Gasteiger partial charge in [0.1, 0.15) is 12.4 Å². The van der Waals surface area contributed by atoms with E-state index in [2.05, 4.69) is 15.6 Å². The van der Waals surface area contributed by atoms with Crippen LogP contribution >= 0.6 is 0 Å². The summed E-state index contributed by atoms with van der Waals surface area (Å²) in [6.45, 7) is 3.93. The number of amides is 1. The molecule has 0 bridgehead atoms. The highest BCUT2D eigenvalue weighted by molar-refractivity contribution is 6.04. The molecule has 23 heavy (non-hydrogen) atoms. The first-order chi connectivity index (χ1) is 11.0. The van der Waals surface area contributed by atoms with E-state index in [-0.39, 0.29) is 18.3 Å². The summed E-state index contributed by atoms with van der Waals surface area (Å²) in [5.74, 6) is -0.164. The largest absolute Gasteiger partial charge is 0.271 e. The van der Waals surface area contributed by atoms with Crippen molar-refractivity contribution in [2.45, 2.75) is 33.2 Å². The molecule has 0 aliphatic heterocycles. The number of aromatic nitrogens is 2. The van der Waals surface area contributed by atoms with Gasteiger partial charge in [-0.05, 0) is 50.5 Å². The normalized spacial score (nSPS) is 14.8. The molecule has 2 aromatic rings. The summed E-state index contributed by atoms with van der Waals surface area (Å²) in [4.78, 5) is 12.1. The van der Waals surface area contributed by atoms with Crippen molar-refractivity contribution in [1.82, 2.24) is 15.2 Å². The number of hydrazone groups is 1. The van der Waals surface area contributed by atoms with E-state index >= 15 is 0 Å². The molecule has 120 valence electrons. The molecule has 6 heteroatoms. The molecule has 1 N–H and O–H groups in total. The number of rotatable bonds is 5. The lowest BCUT2D eigenvalue weighted by molar-refractivity contribution is -0.121. The van der Waals surface area contributed by atoms with Gasteiger partial charge >= 0.3 is 0 Å². The van der Waals surface area contributed by atoms with Crippen LogP contribution in [0.4, 0.5) is 4.39 Å². The van der Waals surface area contributed by atoms with Gasteiger partial charge in [0.2, 0.25) is 0 Å². The topological polar surface area (TPSA) is 59.3 Å². The Hall–Kier alpha value is -2.50. The Morgan fingerprint density at radius 1 is 1.35 bits per heavy atom. The maximum atomic E-state index is 13.0. The average molecular weight is 314 g/mol. The number of carbonyl (C=O) groups is 1. The van der Waals surface area contributed by atoms with Crippen LogP contribution < -0.4 is 5.43 Å². The van der Waals surface area contributed by atoms with Crippen molar-refractivity contribution in [1.29, 1.82) is 0 Å². The molecule has 1 amide bonds. The Balaban J connectivity index is 1.70. The fraction of sp³-hybridized carbons (Fsp3) is 0.353. The average Bonchev–Trinajstić information content (AvgIpc) is 3.28. The molecule has 0 radical (unpaired) electrons. The molecule has 1 aromatic carbocycles. The molecule has 1 aromatic heterocycles. The third-order valence-corrected chi connectivity index (χ3v) is 3.80. The summed E-state index contributed by atoms with van der Waals surface area (Å²) in [5, 5.41) is 8.53. The molecule has 0 atom stereocenters. The molecule has 0 saturated heterocycles. The zero-order chi connectivity index (χ0) is 16.4. The predicted octanol–water partition coefficient (Wildman–Crippen LogP) is 2.57. The van der Waals surface area contributed by atoms with E-state index < -0.39 is 0 Å². The maximum Gasteiger partial charge on any atom is 0.261 e. The number of benzene rings is 1. The van der Waals surface area contributed by atoms with E-state index in [4.69, 9.17) is 0 Å². The zero-order valence-electron chi connectivity index (χ0n) is 13.2. The third-order valence-electron chi connectivity index (χ3n) is 3.80. The molecule has 1 saturated carbocycles. The van der Waals surface area contributed by atoms with Crippen LogP contribution in [0.25, 0.3) is 0 Å². The first-order valence-corrected chi connectivity index (χ1v) is 7.66. The van der Waals surface area contributed by atoms with Gasteiger partial charge in [0.15, 0.2) is 0 Å². The Morgan fingerprint density at radius 3 is 2.61 bits per heavy atom. The minimum atomic E-state index is -0.280. The second-order valence-corrected chi connectivity index (χ2v) is 5.90. The molecule has 1 aliphatic rings. The van der Waals surface area contributed by atoms with E-state index in [9.17, 15) is 9.18 Å². The van der Waals surface area contributed by atoms with Crippen LogP contribution in [0.1, 0.15) is 29.8 Å². The summed E-state index contributed by atoms with van der Waals surface area (Å²) in [5.41, 5.74) is 6.07. The van der Waals surface area contributed by atoms with Crippen molar-refractivity contribution in [3.63, 3.8) is 0 Å². The summed E-state index contributed by atoms with van der Waals surface area (Å²) in [6.07, 6.45) is 2.09. The van der Waals surface area contributed by atoms with Gasteiger partial charge in [-0.2, -0.15) is 10.2 Å². The van der Waals surface area contributed by atoms with Gasteiger partial charge in [0.25, 0.3) is 5.91 Å². The quantitative estimate of drug-likeness (QED) is 0.681. The van der Waals surface area contributed by atoms with Crippen molar-refractivity contribution in [3.05, 3.63) is 53.1 Å². The first kappa shape index (κ1) is 15.4. The highest BCUT2D eigenvalue weighted by Gasteiger charge is 2.29. The molecule has 1 aliphatic carbocycles. The Labute approximate surface area is 134 Å². The lowest BCUT2D eigenvalue weighted by Gasteiger charge is -2.07. The van der Waals surface area contributed by atoms with Gasteiger partial charge in [-0.15, -0.1) is 0 Å². The van der Waals surface area contributed by atoms with E-state index in [1.165, 1.54) is 12.1 Å². The second-order valence-electron chi connectivity index (χ2n) is 5.90. The standard InChI is InChI=1S/C17H19FN4O/c1-11-9-12(2)22(21-11)10-16(23)19-20-17(13-3-4-13)14-5-7-15(18)8-6-14/h5-9,13H,3-4,10H2,1-2H3,(H,19,23)/b20-17+. The lowest BCUT2D eigenvalue weighted by atomic mass is 10.1. The van der Waals surface area contributed by atoms with Crippen molar-refractivity contribution in [2.24, 2.45) is 11.0 Å². The number of carbonyl (C=O) groups excluding carboxylic acids is 1.